The average Bonchev–Trinajstić information content (AvgIpc) is 3.69. The molecule has 3 saturated heterocycles. The summed E-state index contributed by atoms with van der Waals surface area (Å²) in [6, 6.07) is 8.95. The third-order valence-electron chi connectivity index (χ3n) is 10.6. The molecule has 0 unspecified atom stereocenters. The Kier molecular flexibility index (Phi) is 11.5. The molecule has 20 heteroatoms. The van der Waals surface area contributed by atoms with E-state index in [-0.39, 0.29) is 62.9 Å². The second kappa shape index (κ2) is 16.1. The second-order valence-corrected chi connectivity index (χ2v) is 15.5. The molecule has 0 bridgehead atoms. The Morgan fingerprint density at radius 3 is 1.93 bits per heavy atom. The predicted molar refractivity (Wildman–Crippen MR) is 195 cm³/mol. The summed E-state index contributed by atoms with van der Waals surface area (Å²) in [4.78, 5) is 93.1. The fourth-order valence-corrected chi connectivity index (χ4v) is 9.24. The van der Waals surface area contributed by atoms with Gasteiger partial charge in [-0.05, 0) is 55.7 Å². The van der Waals surface area contributed by atoms with Gasteiger partial charge in [0.25, 0.3) is 11.4 Å². The van der Waals surface area contributed by atoms with Crippen molar-refractivity contribution in [1.29, 1.82) is 0 Å². The summed E-state index contributed by atoms with van der Waals surface area (Å²) >= 11 is 1.18. The molecule has 0 radical (unpaired) electrons. The molecule has 56 heavy (non-hydrogen) atoms. The van der Waals surface area contributed by atoms with E-state index in [0.717, 1.165) is 0 Å². The molecular formula is C36H40N6O13S. The molecule has 4 aliphatic heterocycles. The van der Waals surface area contributed by atoms with Gasteiger partial charge in [0, 0.05) is 72.6 Å². The maximum Gasteiger partial charge on any atom is 0.410 e. The Hall–Kier alpha value is -5.76. The number of carboxylic acids is 1. The van der Waals surface area contributed by atoms with Crippen LogP contribution in [0.25, 0.3) is 0 Å². The van der Waals surface area contributed by atoms with Crippen LogP contribution in [-0.2, 0) is 37.1 Å². The fourth-order valence-electron chi connectivity index (χ4n) is 7.71. The molecule has 4 heterocycles. The number of likely N-dealkylation sites (tertiary alicyclic amines) is 1. The van der Waals surface area contributed by atoms with Crippen molar-refractivity contribution < 1.29 is 53.5 Å². The number of piperazine rings is 1. The summed E-state index contributed by atoms with van der Waals surface area (Å²) in [6.07, 6.45) is -2.34. The van der Waals surface area contributed by atoms with Crippen LogP contribution in [0.1, 0.15) is 38.3 Å². The smallest absolute Gasteiger partial charge is 0.410 e. The van der Waals surface area contributed by atoms with Gasteiger partial charge in [-0.2, -0.15) is 0 Å². The molecule has 4 amide bonds. The first kappa shape index (κ1) is 39.9. The number of hydrogen-bond acceptors (Lipinski definition) is 13. The van der Waals surface area contributed by atoms with Crippen LogP contribution in [-0.4, -0.2) is 125 Å². The number of benzene rings is 2. The Morgan fingerprint density at radius 1 is 0.875 bits per heavy atom. The zero-order chi connectivity index (χ0) is 40.6. The van der Waals surface area contributed by atoms with Crippen LogP contribution in [0.2, 0.25) is 0 Å². The fraction of sp³-hybridized carbons (Fsp3) is 0.472. The molecule has 0 aromatic heterocycles. The number of carbonyl (C=O) groups is 5. The van der Waals surface area contributed by atoms with Crippen LogP contribution in [0, 0.1) is 32.1 Å². The number of thioether (sulfide) groups is 1. The zero-order valence-corrected chi connectivity index (χ0v) is 31.4. The highest BCUT2D eigenvalue weighted by molar-refractivity contribution is 8.03. The molecule has 0 saturated carbocycles. The minimum Gasteiger partial charge on any atom is -0.477 e. The number of nitrogens with zero attached hydrogens (tertiary/aromatic N) is 6. The Bertz CT molecular complexity index is 1960. The molecule has 298 valence electrons. The number of ether oxygens (including phenoxy) is 2. The van der Waals surface area contributed by atoms with Crippen LogP contribution in [0.5, 0.6) is 0 Å². The average molecular weight is 797 g/mol. The number of nitro groups is 2. The van der Waals surface area contributed by atoms with E-state index >= 15 is 0 Å². The Labute approximate surface area is 324 Å². The summed E-state index contributed by atoms with van der Waals surface area (Å²) in [5, 5.41) is 41.9. The molecule has 6 rings (SSSR count). The van der Waals surface area contributed by atoms with Crippen molar-refractivity contribution in [3.63, 3.8) is 0 Å². The van der Waals surface area contributed by atoms with Crippen molar-refractivity contribution >= 4 is 53.1 Å². The minimum atomic E-state index is -1.30. The summed E-state index contributed by atoms with van der Waals surface area (Å²) in [5.41, 5.74) is 0.611. The zero-order valence-electron chi connectivity index (χ0n) is 30.6. The van der Waals surface area contributed by atoms with E-state index in [0.29, 0.717) is 16.0 Å². The summed E-state index contributed by atoms with van der Waals surface area (Å²) in [5.74, 6) is -3.40. The largest absolute Gasteiger partial charge is 0.477 e. The van der Waals surface area contributed by atoms with Gasteiger partial charge in [-0.1, -0.05) is 6.92 Å². The van der Waals surface area contributed by atoms with E-state index in [1.54, 1.807) is 18.7 Å². The second-order valence-electron chi connectivity index (χ2n) is 14.2. The summed E-state index contributed by atoms with van der Waals surface area (Å²) < 4.78 is 11.0. The topological polar surface area (TPSA) is 244 Å². The first-order chi connectivity index (χ1) is 26.6. The summed E-state index contributed by atoms with van der Waals surface area (Å²) in [6.45, 7) is 4.98. The molecule has 2 aromatic carbocycles. The number of carbonyl (C=O) groups excluding carboxylic acids is 4. The lowest BCUT2D eigenvalue weighted by Gasteiger charge is -2.46. The number of aliphatic hydroxyl groups excluding tert-OH is 1. The SMILES string of the molecule is C[C@@H]1CN(C(=O)OCc2ccc([N+](=O)[O-])cc2)CCN1C(=O)[C@@H]1C[C@H](SC2=C(C(=O)O)N3C(=O)[C@H]([C@@H](C)O)[C@H]3[C@H]2C)CN1C(=O)OCc1ccc([N+](=O)[O-])cc1. The van der Waals surface area contributed by atoms with Gasteiger partial charge >= 0.3 is 18.2 Å². The first-order valence-corrected chi connectivity index (χ1v) is 18.7. The maximum absolute atomic E-state index is 14.3. The van der Waals surface area contributed by atoms with Gasteiger partial charge in [-0.25, -0.2) is 14.4 Å². The predicted octanol–water partition coefficient (Wildman–Crippen LogP) is 3.34. The van der Waals surface area contributed by atoms with E-state index in [9.17, 15) is 54.4 Å². The highest BCUT2D eigenvalue weighted by atomic mass is 32.2. The van der Waals surface area contributed by atoms with Crippen molar-refractivity contribution in [2.75, 3.05) is 26.2 Å². The third kappa shape index (κ3) is 7.83. The number of fused-ring (bicyclic) bond motifs is 1. The number of non-ortho nitro benzene ring substituents is 2. The molecule has 19 nitrogen and oxygen atoms in total. The number of nitro benzene ring substituents is 2. The lowest BCUT2D eigenvalue weighted by molar-refractivity contribution is -0.385. The third-order valence-corrected chi connectivity index (χ3v) is 12.1. The number of aliphatic carboxylic acids is 1. The lowest BCUT2D eigenvalue weighted by atomic mass is 9.79. The molecular weight excluding hydrogens is 756 g/mol. The van der Waals surface area contributed by atoms with E-state index in [1.807, 2.05) is 0 Å². The number of carboxylic acid groups (broad SMARTS) is 1. The normalized spacial score (nSPS) is 25.0. The van der Waals surface area contributed by atoms with Gasteiger partial charge < -0.3 is 34.4 Å². The Balaban J connectivity index is 1.15. The van der Waals surface area contributed by atoms with E-state index in [4.69, 9.17) is 9.47 Å². The lowest BCUT2D eigenvalue weighted by Crippen LogP contribution is -2.63. The Morgan fingerprint density at radius 2 is 1.43 bits per heavy atom. The molecule has 2 aromatic rings. The number of aliphatic hydroxyl groups is 1. The number of rotatable bonds is 11. The molecule has 2 N–H and O–H groups in total. The van der Waals surface area contributed by atoms with Crippen molar-refractivity contribution in [1.82, 2.24) is 19.6 Å². The van der Waals surface area contributed by atoms with Crippen LogP contribution in [0.4, 0.5) is 21.0 Å². The minimum absolute atomic E-state index is 0.00888. The van der Waals surface area contributed by atoms with E-state index in [2.05, 4.69) is 0 Å². The molecule has 0 spiro atoms. The molecule has 7 atom stereocenters. The van der Waals surface area contributed by atoms with Crippen LogP contribution in [0.3, 0.4) is 0 Å². The van der Waals surface area contributed by atoms with Crippen molar-refractivity contribution in [2.45, 2.75) is 69.9 Å². The van der Waals surface area contributed by atoms with Gasteiger partial charge in [0.15, 0.2) is 0 Å². The molecule has 4 aliphatic rings. The van der Waals surface area contributed by atoms with Gasteiger partial charge in [0.1, 0.15) is 25.0 Å². The van der Waals surface area contributed by atoms with Crippen LogP contribution in [0.15, 0.2) is 59.1 Å². The molecule has 0 aliphatic carbocycles. The standard InChI is InChI=1S/C36H40N6O13S/c1-19-15-37(35(48)54-17-22-4-8-24(9-5-22)41(50)51)12-13-38(19)32(44)27-14-26(16-39(27)36(49)55-18-23-6-10-25(11-7-23)42(52)53)56-31-20(2)29-28(21(3)43)33(45)40(29)30(31)34(46)47/h4-11,19-21,26-29,43H,12-18H2,1-3H3,(H,46,47)/t19-,20-,21-,26+,27+,28-,29-/m1/s1. The van der Waals surface area contributed by atoms with Gasteiger partial charge in [-0.15, -0.1) is 11.8 Å². The monoisotopic (exact) mass is 796 g/mol. The maximum atomic E-state index is 14.3. The van der Waals surface area contributed by atoms with Crippen molar-refractivity contribution in [3.05, 3.63) is 90.5 Å². The highest BCUT2D eigenvalue weighted by Gasteiger charge is 2.60. The van der Waals surface area contributed by atoms with Gasteiger partial charge in [0.2, 0.25) is 11.8 Å². The van der Waals surface area contributed by atoms with Gasteiger partial charge in [0.05, 0.1) is 27.9 Å². The molecule has 3 fully saturated rings. The van der Waals surface area contributed by atoms with Crippen molar-refractivity contribution in [2.24, 2.45) is 11.8 Å². The highest BCUT2D eigenvalue weighted by Crippen LogP contribution is 2.52. The first-order valence-electron chi connectivity index (χ1n) is 17.8. The number of β-lactam (4-membered cyclic amide) rings is 1. The summed E-state index contributed by atoms with van der Waals surface area (Å²) in [7, 11) is 0. The quantitative estimate of drug-likeness (QED) is 0.188. The van der Waals surface area contributed by atoms with E-state index < -0.39 is 81.1 Å². The number of amides is 4. The van der Waals surface area contributed by atoms with Crippen LogP contribution >= 0.6 is 11.8 Å². The van der Waals surface area contributed by atoms with Crippen LogP contribution < -0.4 is 0 Å². The van der Waals surface area contributed by atoms with Crippen molar-refractivity contribution in [3.8, 4) is 0 Å². The number of hydrogen-bond donors (Lipinski definition) is 2. The van der Waals surface area contributed by atoms with Gasteiger partial charge in [-0.3, -0.25) is 34.7 Å². The van der Waals surface area contributed by atoms with E-state index in [1.165, 1.54) is 81.9 Å².